The molecule has 0 bridgehead atoms. The van der Waals surface area contributed by atoms with E-state index in [1.165, 1.54) is 0 Å². The Hall–Kier alpha value is -1.00. The summed E-state index contributed by atoms with van der Waals surface area (Å²) < 4.78 is 5.98. The van der Waals surface area contributed by atoms with E-state index in [-0.39, 0.29) is 10.8 Å². The molecule has 1 aromatic heterocycles. The third-order valence-electron chi connectivity index (χ3n) is 3.55. The van der Waals surface area contributed by atoms with Crippen molar-refractivity contribution in [3.05, 3.63) is 30.1 Å². The molecular formula is C14H23NO2Si. The van der Waals surface area contributed by atoms with E-state index in [0.717, 1.165) is 0 Å². The van der Waals surface area contributed by atoms with Gasteiger partial charge in [0.05, 0.1) is 0 Å². The van der Waals surface area contributed by atoms with Crippen molar-refractivity contribution in [1.29, 1.82) is 0 Å². The fraction of sp³-hybridized carbons (Fsp3) is 0.571. The number of Topliss-reactive ketones (excluding diaryl/α,β-unsaturated/α-hetero) is 1. The topological polar surface area (TPSA) is 39.2 Å². The largest absolute Gasteiger partial charge is 0.416 e. The van der Waals surface area contributed by atoms with Crippen LogP contribution in [-0.4, -0.2) is 25.7 Å². The summed E-state index contributed by atoms with van der Waals surface area (Å²) >= 11 is 0. The molecule has 0 N–H and O–H groups in total. The zero-order valence-electron chi connectivity index (χ0n) is 12.0. The molecule has 0 fully saturated rings. The minimum Gasteiger partial charge on any atom is -0.416 e. The lowest BCUT2D eigenvalue weighted by atomic mass is 10.2. The van der Waals surface area contributed by atoms with E-state index in [2.05, 4.69) is 38.8 Å². The van der Waals surface area contributed by atoms with Crippen molar-refractivity contribution in [2.75, 3.05) is 6.61 Å². The molecule has 1 rings (SSSR count). The molecule has 0 spiro atoms. The van der Waals surface area contributed by atoms with Gasteiger partial charge in [-0.05, 0) is 30.3 Å². The lowest BCUT2D eigenvalue weighted by molar-refractivity contribution is 0.0954. The molecule has 100 valence electrons. The van der Waals surface area contributed by atoms with Gasteiger partial charge >= 0.3 is 0 Å². The third-order valence-corrected chi connectivity index (χ3v) is 8.09. The molecule has 0 saturated carbocycles. The van der Waals surface area contributed by atoms with Gasteiger partial charge in [-0.3, -0.25) is 9.78 Å². The summed E-state index contributed by atoms with van der Waals surface area (Å²) in [5.74, 6) is 0.0503. The van der Waals surface area contributed by atoms with Gasteiger partial charge in [0.2, 0.25) is 0 Å². The van der Waals surface area contributed by atoms with Crippen molar-refractivity contribution in [2.24, 2.45) is 0 Å². The summed E-state index contributed by atoms with van der Waals surface area (Å²) in [6.45, 7) is 11.5. The molecule has 0 amide bonds. The van der Waals surface area contributed by atoms with E-state index < -0.39 is 8.32 Å². The number of ketones is 1. The Balaban J connectivity index is 2.46. The fourth-order valence-electron chi connectivity index (χ4n) is 1.27. The van der Waals surface area contributed by atoms with Crippen LogP contribution in [0.15, 0.2) is 24.4 Å². The normalized spacial score (nSPS) is 12.5. The average Bonchev–Trinajstić information content (AvgIpc) is 2.28. The van der Waals surface area contributed by atoms with Gasteiger partial charge in [-0.25, -0.2) is 0 Å². The highest BCUT2D eigenvalue weighted by atomic mass is 28.4. The quantitative estimate of drug-likeness (QED) is 0.602. The zero-order valence-corrected chi connectivity index (χ0v) is 13.0. The Kier molecular flexibility index (Phi) is 4.82. The Bertz CT molecular complexity index is 396. The Labute approximate surface area is 111 Å². The zero-order chi connectivity index (χ0) is 13.8. The van der Waals surface area contributed by atoms with Gasteiger partial charge < -0.3 is 4.43 Å². The maximum absolute atomic E-state index is 11.9. The highest BCUT2D eigenvalue weighted by molar-refractivity contribution is 6.74. The molecule has 1 aromatic rings. The number of hydrogen-bond donors (Lipinski definition) is 0. The highest BCUT2D eigenvalue weighted by Gasteiger charge is 2.36. The first kappa shape index (κ1) is 15.1. The number of carbonyl (C=O) groups excluding carboxylic acids is 1. The number of carbonyl (C=O) groups is 1. The van der Waals surface area contributed by atoms with Crippen LogP contribution in [0.5, 0.6) is 0 Å². The molecule has 1 heterocycles. The first-order valence-corrected chi connectivity index (χ1v) is 9.23. The van der Waals surface area contributed by atoms with Crippen LogP contribution in [0.2, 0.25) is 18.1 Å². The van der Waals surface area contributed by atoms with Crippen molar-refractivity contribution in [3.8, 4) is 0 Å². The molecule has 0 aromatic carbocycles. The Morgan fingerprint density at radius 1 is 1.33 bits per heavy atom. The lowest BCUT2D eigenvalue weighted by Gasteiger charge is -2.36. The van der Waals surface area contributed by atoms with Gasteiger partial charge in [0, 0.05) is 19.2 Å². The molecule has 0 unspecified atom stereocenters. The Morgan fingerprint density at radius 3 is 2.50 bits per heavy atom. The molecule has 3 nitrogen and oxygen atoms in total. The van der Waals surface area contributed by atoms with Crippen molar-refractivity contribution in [2.45, 2.75) is 45.3 Å². The van der Waals surface area contributed by atoms with Gasteiger partial charge in [-0.1, -0.05) is 26.8 Å². The van der Waals surface area contributed by atoms with Gasteiger partial charge in [0.1, 0.15) is 5.69 Å². The van der Waals surface area contributed by atoms with E-state index in [4.69, 9.17) is 4.43 Å². The third kappa shape index (κ3) is 4.03. The molecular weight excluding hydrogens is 242 g/mol. The number of nitrogens with zero attached hydrogens (tertiary/aromatic N) is 1. The van der Waals surface area contributed by atoms with Crippen molar-refractivity contribution >= 4 is 14.1 Å². The van der Waals surface area contributed by atoms with Crippen LogP contribution in [-0.2, 0) is 4.43 Å². The molecule has 0 aliphatic heterocycles. The molecule has 0 radical (unpaired) electrons. The molecule has 0 saturated heterocycles. The van der Waals surface area contributed by atoms with Crippen molar-refractivity contribution in [1.82, 2.24) is 4.98 Å². The van der Waals surface area contributed by atoms with E-state index in [1.807, 2.05) is 12.1 Å². The second-order valence-electron chi connectivity index (χ2n) is 6.00. The van der Waals surface area contributed by atoms with Gasteiger partial charge in [0.25, 0.3) is 0 Å². The maximum atomic E-state index is 11.9. The average molecular weight is 265 g/mol. The van der Waals surface area contributed by atoms with Crippen LogP contribution in [0.3, 0.4) is 0 Å². The second-order valence-corrected chi connectivity index (χ2v) is 10.8. The van der Waals surface area contributed by atoms with E-state index in [1.54, 1.807) is 12.3 Å². The standard InChI is InChI=1S/C14H23NO2Si/c1-14(2,3)18(4,5)17-11-9-13(16)12-8-6-7-10-15-12/h6-8,10H,9,11H2,1-5H3. The van der Waals surface area contributed by atoms with E-state index in [9.17, 15) is 4.79 Å². The number of hydrogen-bond acceptors (Lipinski definition) is 3. The predicted octanol–water partition coefficient (Wildman–Crippen LogP) is 3.68. The van der Waals surface area contributed by atoms with Gasteiger partial charge in [0.15, 0.2) is 14.1 Å². The van der Waals surface area contributed by atoms with Crippen LogP contribution < -0.4 is 0 Å². The summed E-state index contributed by atoms with van der Waals surface area (Å²) in [4.78, 5) is 15.9. The number of aromatic nitrogens is 1. The first-order valence-electron chi connectivity index (χ1n) is 6.32. The van der Waals surface area contributed by atoms with E-state index >= 15 is 0 Å². The monoisotopic (exact) mass is 265 g/mol. The summed E-state index contributed by atoms with van der Waals surface area (Å²) in [5.41, 5.74) is 0.524. The highest BCUT2D eigenvalue weighted by Crippen LogP contribution is 2.36. The van der Waals surface area contributed by atoms with Gasteiger partial charge in [-0.2, -0.15) is 0 Å². The van der Waals surface area contributed by atoms with Crippen molar-refractivity contribution < 1.29 is 9.22 Å². The number of rotatable bonds is 5. The minimum absolute atomic E-state index is 0.0503. The summed E-state index contributed by atoms with van der Waals surface area (Å²) in [6, 6.07) is 5.38. The molecule has 4 heteroatoms. The fourth-order valence-corrected chi connectivity index (χ4v) is 2.32. The molecule has 0 aliphatic rings. The lowest BCUT2D eigenvalue weighted by Crippen LogP contribution is -2.41. The van der Waals surface area contributed by atoms with Crippen LogP contribution in [0, 0.1) is 0 Å². The van der Waals surface area contributed by atoms with E-state index in [0.29, 0.717) is 18.7 Å². The van der Waals surface area contributed by atoms with Crippen LogP contribution in [0.1, 0.15) is 37.7 Å². The smallest absolute Gasteiger partial charge is 0.191 e. The van der Waals surface area contributed by atoms with Crippen LogP contribution in [0.25, 0.3) is 0 Å². The molecule has 0 atom stereocenters. The SMILES string of the molecule is CC(C)(C)[Si](C)(C)OCCC(=O)c1ccccn1. The minimum atomic E-state index is -1.75. The van der Waals surface area contributed by atoms with Crippen LogP contribution >= 0.6 is 0 Å². The first-order chi connectivity index (χ1) is 8.24. The molecule has 18 heavy (non-hydrogen) atoms. The van der Waals surface area contributed by atoms with Crippen LogP contribution in [0.4, 0.5) is 0 Å². The predicted molar refractivity (Wildman–Crippen MR) is 76.3 cm³/mol. The van der Waals surface area contributed by atoms with Crippen molar-refractivity contribution in [3.63, 3.8) is 0 Å². The maximum Gasteiger partial charge on any atom is 0.191 e. The van der Waals surface area contributed by atoms with Gasteiger partial charge in [-0.15, -0.1) is 0 Å². The number of pyridine rings is 1. The summed E-state index contributed by atoms with van der Waals surface area (Å²) in [5, 5.41) is 0.182. The summed E-state index contributed by atoms with van der Waals surface area (Å²) in [7, 11) is -1.75. The summed E-state index contributed by atoms with van der Waals surface area (Å²) in [6.07, 6.45) is 2.05. The second kappa shape index (κ2) is 5.76. The molecule has 0 aliphatic carbocycles. The Morgan fingerprint density at radius 2 is 2.00 bits per heavy atom.